The zero-order valence-corrected chi connectivity index (χ0v) is 9.78. The molecule has 1 radical (unpaired) electrons. The van der Waals surface area contributed by atoms with Gasteiger partial charge in [0.05, 0.1) is 11.5 Å². The molecule has 6 nitrogen and oxygen atoms in total. The predicted molar refractivity (Wildman–Crippen MR) is 56.3 cm³/mol. The number of alkyl carbamates (subject to hydrolysis) is 1. The smallest absolute Gasteiger partial charge is 0.410 e. The van der Waals surface area contributed by atoms with Crippen LogP contribution in [0.5, 0.6) is 0 Å². The van der Waals surface area contributed by atoms with Gasteiger partial charge in [0.15, 0.2) is 0 Å². The average molecular weight is 232 g/mol. The molecule has 0 aromatic carbocycles. The van der Waals surface area contributed by atoms with Gasteiger partial charge in [-0.2, -0.15) is 0 Å². The summed E-state index contributed by atoms with van der Waals surface area (Å²) in [5.41, 5.74) is -0.636. The van der Waals surface area contributed by atoms with Crippen molar-refractivity contribution < 1.29 is 24.2 Å². The maximum atomic E-state index is 11.2. The van der Waals surface area contributed by atoms with Crippen LogP contribution in [-0.4, -0.2) is 36.6 Å². The topological polar surface area (TPSA) is 84.9 Å². The molecule has 0 fully saturated rings. The van der Waals surface area contributed by atoms with Crippen LogP contribution in [0.4, 0.5) is 4.79 Å². The van der Waals surface area contributed by atoms with E-state index >= 15 is 0 Å². The molecule has 6 heteroatoms. The molecule has 0 saturated carbocycles. The third kappa shape index (κ3) is 7.05. The summed E-state index contributed by atoms with van der Waals surface area (Å²) in [7, 11) is 0. The number of aliphatic hydroxyl groups excluding tert-OH is 1. The van der Waals surface area contributed by atoms with E-state index in [1.165, 1.54) is 0 Å². The lowest BCUT2D eigenvalue weighted by Crippen LogP contribution is -2.32. The molecule has 0 rings (SSSR count). The molecule has 0 aliphatic carbocycles. The minimum atomic E-state index is -0.898. The molecule has 0 aromatic rings. The van der Waals surface area contributed by atoms with E-state index in [9.17, 15) is 9.59 Å². The zero-order chi connectivity index (χ0) is 12.8. The Morgan fingerprint density at radius 1 is 1.38 bits per heavy atom. The number of ether oxygens (including phenoxy) is 2. The van der Waals surface area contributed by atoms with Gasteiger partial charge in [-0.15, -0.1) is 0 Å². The number of carbonyl (C=O) groups is 2. The summed E-state index contributed by atoms with van der Waals surface area (Å²) in [5, 5.41) is 11.0. The fraction of sp³-hybridized carbons (Fsp3) is 0.700. The van der Waals surface area contributed by atoms with Gasteiger partial charge in [0.25, 0.3) is 0 Å². The SMILES string of the molecule is [CH2][C@H](O)CNC(=O)OCOC(=O)C(C)(C)C. The highest BCUT2D eigenvalue weighted by Gasteiger charge is 2.23. The third-order valence-electron chi connectivity index (χ3n) is 1.47. The standard InChI is InChI=1S/C10H18NO5/c1-7(12)5-11-9(14)16-6-15-8(13)10(2,3)4/h7,12H,1,5-6H2,2-4H3,(H,11,14)/t7-/m0/s1. The Hall–Kier alpha value is -1.30. The summed E-state index contributed by atoms with van der Waals surface area (Å²) in [4.78, 5) is 22.1. The van der Waals surface area contributed by atoms with E-state index in [1.807, 2.05) is 0 Å². The van der Waals surface area contributed by atoms with E-state index in [0.717, 1.165) is 0 Å². The minimum Gasteiger partial charge on any atom is -0.427 e. The highest BCUT2D eigenvalue weighted by Crippen LogP contribution is 2.14. The normalized spacial score (nSPS) is 12.8. The van der Waals surface area contributed by atoms with Gasteiger partial charge in [-0.1, -0.05) is 0 Å². The van der Waals surface area contributed by atoms with Crippen molar-refractivity contribution >= 4 is 12.1 Å². The van der Waals surface area contributed by atoms with Crippen molar-refractivity contribution in [1.82, 2.24) is 5.32 Å². The quantitative estimate of drug-likeness (QED) is 0.543. The molecule has 0 bridgehead atoms. The van der Waals surface area contributed by atoms with Crippen LogP contribution >= 0.6 is 0 Å². The number of hydrogen-bond acceptors (Lipinski definition) is 5. The fourth-order valence-corrected chi connectivity index (χ4v) is 0.605. The summed E-state index contributed by atoms with van der Waals surface area (Å²) >= 11 is 0. The highest BCUT2D eigenvalue weighted by atomic mass is 16.7. The second-order valence-corrected chi connectivity index (χ2v) is 4.27. The number of esters is 1. The monoisotopic (exact) mass is 232 g/mol. The first-order chi connectivity index (χ1) is 7.23. The van der Waals surface area contributed by atoms with Crippen LogP contribution < -0.4 is 5.32 Å². The second kappa shape index (κ2) is 6.32. The van der Waals surface area contributed by atoms with Gasteiger partial charge in [-0.25, -0.2) is 4.79 Å². The zero-order valence-electron chi connectivity index (χ0n) is 9.78. The van der Waals surface area contributed by atoms with Gasteiger partial charge in [0.2, 0.25) is 6.79 Å². The maximum absolute atomic E-state index is 11.2. The van der Waals surface area contributed by atoms with Crippen LogP contribution in [0.3, 0.4) is 0 Å². The fourth-order valence-electron chi connectivity index (χ4n) is 0.605. The Morgan fingerprint density at radius 3 is 2.38 bits per heavy atom. The summed E-state index contributed by atoms with van der Waals surface area (Å²) in [6, 6.07) is 0. The van der Waals surface area contributed by atoms with Crippen LogP contribution in [0.25, 0.3) is 0 Å². The van der Waals surface area contributed by atoms with Gasteiger partial charge in [0, 0.05) is 6.54 Å². The predicted octanol–water partition coefficient (Wildman–Crippen LogP) is 0.454. The second-order valence-electron chi connectivity index (χ2n) is 4.27. The lowest BCUT2D eigenvalue weighted by molar-refractivity contribution is -0.161. The van der Waals surface area contributed by atoms with E-state index in [2.05, 4.69) is 21.7 Å². The molecule has 0 saturated heterocycles. The summed E-state index contributed by atoms with van der Waals surface area (Å²) in [5.74, 6) is -0.461. The number of aliphatic hydroxyl groups is 1. The molecule has 93 valence electrons. The number of nitrogens with one attached hydrogen (secondary N) is 1. The number of hydrogen-bond donors (Lipinski definition) is 2. The maximum Gasteiger partial charge on any atom is 0.410 e. The van der Waals surface area contributed by atoms with Crippen molar-refractivity contribution in [3.8, 4) is 0 Å². The lowest BCUT2D eigenvalue weighted by Gasteiger charge is -2.16. The average Bonchev–Trinajstić information content (AvgIpc) is 2.13. The molecule has 0 aromatic heterocycles. The molecule has 0 unspecified atom stereocenters. The first kappa shape index (κ1) is 14.7. The van der Waals surface area contributed by atoms with Crippen molar-refractivity contribution in [2.24, 2.45) is 5.41 Å². The molecular weight excluding hydrogens is 214 g/mol. The minimum absolute atomic E-state index is 0.0218. The van der Waals surface area contributed by atoms with Crippen molar-refractivity contribution in [1.29, 1.82) is 0 Å². The van der Waals surface area contributed by atoms with E-state index in [4.69, 9.17) is 5.11 Å². The van der Waals surface area contributed by atoms with Crippen LogP contribution in [0.2, 0.25) is 0 Å². The lowest BCUT2D eigenvalue weighted by atomic mass is 9.98. The largest absolute Gasteiger partial charge is 0.427 e. The number of carbonyl (C=O) groups excluding carboxylic acids is 2. The molecule has 16 heavy (non-hydrogen) atoms. The van der Waals surface area contributed by atoms with E-state index in [-0.39, 0.29) is 6.54 Å². The first-order valence-electron chi connectivity index (χ1n) is 4.82. The molecule has 1 atom stereocenters. The van der Waals surface area contributed by atoms with Crippen molar-refractivity contribution in [2.45, 2.75) is 26.9 Å². The van der Waals surface area contributed by atoms with Crippen molar-refractivity contribution in [3.63, 3.8) is 0 Å². The van der Waals surface area contributed by atoms with Crippen LogP contribution in [0, 0.1) is 12.3 Å². The molecule has 0 aliphatic heterocycles. The van der Waals surface area contributed by atoms with Crippen LogP contribution in [0.15, 0.2) is 0 Å². The Kier molecular flexibility index (Phi) is 5.81. The summed E-state index contributed by atoms with van der Waals surface area (Å²) in [6.07, 6.45) is -1.67. The molecule has 0 aliphatic rings. The summed E-state index contributed by atoms with van der Waals surface area (Å²) < 4.78 is 9.21. The highest BCUT2D eigenvalue weighted by molar-refractivity contribution is 5.75. The van der Waals surface area contributed by atoms with E-state index in [1.54, 1.807) is 20.8 Å². The Balaban J connectivity index is 3.67. The van der Waals surface area contributed by atoms with Gasteiger partial charge in [0.1, 0.15) is 0 Å². The summed E-state index contributed by atoms with van der Waals surface area (Å²) in [6.45, 7) is 7.85. The van der Waals surface area contributed by atoms with Gasteiger partial charge >= 0.3 is 12.1 Å². The Bertz CT molecular complexity index is 244. The molecular formula is C10H18NO5. The van der Waals surface area contributed by atoms with Gasteiger partial charge < -0.3 is 19.9 Å². The number of rotatable bonds is 4. The van der Waals surface area contributed by atoms with Gasteiger partial charge in [-0.05, 0) is 27.7 Å². The van der Waals surface area contributed by atoms with Crippen molar-refractivity contribution in [2.75, 3.05) is 13.3 Å². The van der Waals surface area contributed by atoms with Gasteiger partial charge in [-0.3, -0.25) is 4.79 Å². The first-order valence-corrected chi connectivity index (χ1v) is 4.82. The Morgan fingerprint density at radius 2 is 1.94 bits per heavy atom. The Labute approximate surface area is 94.9 Å². The molecule has 2 N–H and O–H groups in total. The van der Waals surface area contributed by atoms with Crippen molar-refractivity contribution in [3.05, 3.63) is 6.92 Å². The van der Waals surface area contributed by atoms with E-state index < -0.39 is 30.4 Å². The molecule has 0 heterocycles. The molecule has 0 spiro atoms. The third-order valence-corrected chi connectivity index (χ3v) is 1.47. The molecule has 1 amide bonds. The van der Waals surface area contributed by atoms with E-state index in [0.29, 0.717) is 0 Å². The van der Waals surface area contributed by atoms with Crippen LogP contribution in [0.1, 0.15) is 20.8 Å². The number of amides is 1. The van der Waals surface area contributed by atoms with Crippen LogP contribution in [-0.2, 0) is 14.3 Å².